The third kappa shape index (κ3) is 3.44. The van der Waals surface area contributed by atoms with Crippen LogP contribution in [0.4, 0.5) is 5.82 Å². The van der Waals surface area contributed by atoms with E-state index >= 15 is 0 Å². The molecule has 0 unspecified atom stereocenters. The van der Waals surface area contributed by atoms with Gasteiger partial charge in [0.25, 0.3) is 0 Å². The highest BCUT2D eigenvalue weighted by Crippen LogP contribution is 2.22. The molecule has 1 saturated heterocycles. The summed E-state index contributed by atoms with van der Waals surface area (Å²) in [5.74, 6) is 0.475. The quantitative estimate of drug-likeness (QED) is 0.849. The highest BCUT2D eigenvalue weighted by atomic mass is 16.6. The lowest BCUT2D eigenvalue weighted by Gasteiger charge is -2.33. The van der Waals surface area contributed by atoms with Crippen molar-refractivity contribution in [1.29, 1.82) is 0 Å². The second-order valence-electron chi connectivity index (χ2n) is 6.93. The lowest BCUT2D eigenvalue weighted by Crippen LogP contribution is -2.44. The van der Waals surface area contributed by atoms with Gasteiger partial charge in [0.2, 0.25) is 0 Å². The summed E-state index contributed by atoms with van der Waals surface area (Å²) in [6.45, 7) is 9.44. The van der Waals surface area contributed by atoms with Crippen LogP contribution in [0.3, 0.4) is 0 Å². The average molecular weight is 317 g/mol. The molecule has 1 fully saturated rings. The molecule has 0 atom stereocenters. The molecule has 7 heteroatoms. The first-order valence-electron chi connectivity index (χ1n) is 7.85. The number of aromatic amines is 1. The minimum Gasteiger partial charge on any atom is -0.455 e. The van der Waals surface area contributed by atoms with E-state index in [9.17, 15) is 4.79 Å². The number of anilines is 1. The molecule has 2 aromatic heterocycles. The second kappa shape index (κ2) is 5.81. The van der Waals surface area contributed by atoms with Crippen LogP contribution >= 0.6 is 0 Å². The van der Waals surface area contributed by atoms with Crippen LogP contribution in [0.2, 0.25) is 0 Å². The number of ether oxygens (including phenoxy) is 1. The number of hydrogen-bond acceptors (Lipinski definition) is 6. The number of piperazine rings is 1. The van der Waals surface area contributed by atoms with Crippen molar-refractivity contribution in [1.82, 2.24) is 20.1 Å². The first kappa shape index (κ1) is 15.7. The standard InChI is InChI=1S/C16H23N5O2/c1-16(2,3)23-15(22)13-11-5-6-12(17-14(11)19-18-13)21-9-7-20(4)8-10-21/h5-6H,7-10H2,1-4H3,(H,17,18,19). The number of fused-ring (bicyclic) bond motifs is 1. The number of rotatable bonds is 2. The first-order valence-corrected chi connectivity index (χ1v) is 7.85. The van der Waals surface area contributed by atoms with Crippen LogP contribution in [0.1, 0.15) is 31.3 Å². The molecular weight excluding hydrogens is 294 g/mol. The summed E-state index contributed by atoms with van der Waals surface area (Å²) >= 11 is 0. The Morgan fingerprint density at radius 1 is 1.22 bits per heavy atom. The van der Waals surface area contributed by atoms with Crippen LogP contribution in [0, 0.1) is 0 Å². The normalized spacial score (nSPS) is 16.8. The summed E-state index contributed by atoms with van der Waals surface area (Å²) in [7, 11) is 2.12. The maximum Gasteiger partial charge on any atom is 0.360 e. The maximum absolute atomic E-state index is 12.2. The van der Waals surface area contributed by atoms with E-state index in [4.69, 9.17) is 4.74 Å². The fourth-order valence-electron chi connectivity index (χ4n) is 2.59. The maximum atomic E-state index is 12.2. The van der Waals surface area contributed by atoms with Crippen LogP contribution in [-0.4, -0.2) is 64.9 Å². The van der Waals surface area contributed by atoms with E-state index in [1.54, 1.807) is 0 Å². The number of nitrogens with one attached hydrogen (secondary N) is 1. The van der Waals surface area contributed by atoms with Crippen molar-refractivity contribution in [3.8, 4) is 0 Å². The minimum absolute atomic E-state index is 0.285. The zero-order valence-electron chi connectivity index (χ0n) is 14.1. The van der Waals surface area contributed by atoms with E-state index in [1.807, 2.05) is 32.9 Å². The van der Waals surface area contributed by atoms with Crippen molar-refractivity contribution in [2.24, 2.45) is 0 Å². The van der Waals surface area contributed by atoms with E-state index in [0.29, 0.717) is 11.0 Å². The molecule has 0 saturated carbocycles. The lowest BCUT2D eigenvalue weighted by molar-refractivity contribution is 0.00651. The number of carbonyl (C=O) groups excluding carboxylic acids is 1. The number of nitrogens with zero attached hydrogens (tertiary/aromatic N) is 4. The molecule has 0 amide bonds. The molecule has 2 aromatic rings. The Bertz CT molecular complexity index is 711. The summed E-state index contributed by atoms with van der Waals surface area (Å²) < 4.78 is 5.38. The van der Waals surface area contributed by atoms with Crippen LogP contribution in [0.5, 0.6) is 0 Å². The summed E-state index contributed by atoms with van der Waals surface area (Å²) in [6.07, 6.45) is 0. The molecule has 0 radical (unpaired) electrons. The van der Waals surface area contributed by atoms with Gasteiger partial charge in [-0.3, -0.25) is 5.10 Å². The van der Waals surface area contributed by atoms with Crippen molar-refractivity contribution >= 4 is 22.8 Å². The Balaban J connectivity index is 1.84. The number of esters is 1. The molecule has 124 valence electrons. The highest BCUT2D eigenvalue weighted by Gasteiger charge is 2.23. The van der Waals surface area contributed by atoms with E-state index in [0.717, 1.165) is 32.0 Å². The number of aromatic nitrogens is 3. The minimum atomic E-state index is -0.546. The van der Waals surface area contributed by atoms with Crippen molar-refractivity contribution in [3.05, 3.63) is 17.8 Å². The lowest BCUT2D eigenvalue weighted by atomic mass is 10.2. The Morgan fingerprint density at radius 2 is 1.91 bits per heavy atom. The summed E-state index contributed by atoms with van der Waals surface area (Å²) in [6, 6.07) is 3.83. The third-order valence-electron chi connectivity index (χ3n) is 3.83. The van der Waals surface area contributed by atoms with E-state index in [2.05, 4.69) is 32.0 Å². The van der Waals surface area contributed by atoms with Gasteiger partial charge in [-0.25, -0.2) is 9.78 Å². The van der Waals surface area contributed by atoms with Gasteiger partial charge in [0, 0.05) is 26.2 Å². The summed E-state index contributed by atoms with van der Waals surface area (Å²) in [5.41, 5.74) is 0.352. The van der Waals surface area contributed by atoms with Gasteiger partial charge in [0.15, 0.2) is 11.3 Å². The SMILES string of the molecule is CN1CCN(c2ccc3c(C(=O)OC(C)(C)C)n[nH]c3n2)CC1. The van der Waals surface area contributed by atoms with Gasteiger partial charge in [-0.05, 0) is 40.0 Å². The molecule has 0 bridgehead atoms. The monoisotopic (exact) mass is 317 g/mol. The number of H-pyrrole nitrogens is 1. The molecule has 3 heterocycles. The predicted molar refractivity (Wildman–Crippen MR) is 88.8 cm³/mol. The molecule has 3 rings (SSSR count). The van der Waals surface area contributed by atoms with Gasteiger partial charge in [-0.15, -0.1) is 0 Å². The molecule has 23 heavy (non-hydrogen) atoms. The van der Waals surface area contributed by atoms with Crippen LogP contribution < -0.4 is 4.90 Å². The first-order chi connectivity index (χ1) is 10.8. The van der Waals surface area contributed by atoms with Gasteiger partial charge in [-0.2, -0.15) is 5.10 Å². The van der Waals surface area contributed by atoms with E-state index < -0.39 is 11.6 Å². The van der Waals surface area contributed by atoms with Crippen molar-refractivity contribution < 1.29 is 9.53 Å². The molecule has 1 aliphatic rings. The summed E-state index contributed by atoms with van der Waals surface area (Å²) in [5, 5.41) is 7.62. The number of likely N-dealkylation sites (N-methyl/N-ethyl adjacent to an activating group) is 1. The van der Waals surface area contributed by atoms with Gasteiger partial charge >= 0.3 is 5.97 Å². The van der Waals surface area contributed by atoms with Crippen LogP contribution in [0.15, 0.2) is 12.1 Å². The smallest absolute Gasteiger partial charge is 0.360 e. The van der Waals surface area contributed by atoms with Gasteiger partial charge in [0.1, 0.15) is 11.4 Å². The Hall–Kier alpha value is -2.15. The Labute approximate surface area is 135 Å². The molecule has 1 aliphatic heterocycles. The van der Waals surface area contributed by atoms with Crippen molar-refractivity contribution in [2.45, 2.75) is 26.4 Å². The van der Waals surface area contributed by atoms with Gasteiger partial charge < -0.3 is 14.5 Å². The largest absolute Gasteiger partial charge is 0.455 e. The van der Waals surface area contributed by atoms with E-state index in [1.165, 1.54) is 0 Å². The van der Waals surface area contributed by atoms with Crippen LogP contribution in [-0.2, 0) is 4.74 Å². The van der Waals surface area contributed by atoms with Gasteiger partial charge in [-0.1, -0.05) is 0 Å². The molecule has 0 aliphatic carbocycles. The summed E-state index contributed by atoms with van der Waals surface area (Å²) in [4.78, 5) is 21.4. The van der Waals surface area contributed by atoms with E-state index in [-0.39, 0.29) is 5.69 Å². The number of carbonyl (C=O) groups is 1. The Kier molecular flexibility index (Phi) is 3.97. The van der Waals surface area contributed by atoms with Crippen molar-refractivity contribution in [2.75, 3.05) is 38.1 Å². The molecule has 0 spiro atoms. The zero-order chi connectivity index (χ0) is 16.6. The molecule has 0 aromatic carbocycles. The van der Waals surface area contributed by atoms with Crippen LogP contribution in [0.25, 0.3) is 11.0 Å². The zero-order valence-corrected chi connectivity index (χ0v) is 14.1. The number of hydrogen-bond donors (Lipinski definition) is 1. The third-order valence-corrected chi connectivity index (χ3v) is 3.83. The van der Waals surface area contributed by atoms with Gasteiger partial charge in [0.05, 0.1) is 5.39 Å². The fraction of sp³-hybridized carbons (Fsp3) is 0.562. The number of pyridine rings is 1. The Morgan fingerprint density at radius 3 is 2.57 bits per heavy atom. The fourth-order valence-corrected chi connectivity index (χ4v) is 2.59. The molecule has 7 nitrogen and oxygen atoms in total. The highest BCUT2D eigenvalue weighted by molar-refractivity contribution is 6.01. The second-order valence-corrected chi connectivity index (χ2v) is 6.93. The van der Waals surface area contributed by atoms with Crippen molar-refractivity contribution in [3.63, 3.8) is 0 Å². The predicted octanol–water partition coefficient (Wildman–Crippen LogP) is 1.66. The molecular formula is C16H23N5O2. The average Bonchev–Trinajstić information content (AvgIpc) is 2.89. The topological polar surface area (TPSA) is 74.3 Å². The molecule has 1 N–H and O–H groups in total.